The molecule has 1 heterocycles. The standard InChI is InChI=1S/C16H27NOSi/c1-7-10-14(15-11-8-9-12-17-15)13-18-19(5,6)16(2,3)4/h7-9,11-12,14H,1,10,13H2,2-6H3. The molecule has 3 heteroatoms. The highest BCUT2D eigenvalue weighted by atomic mass is 28.4. The molecule has 2 nitrogen and oxygen atoms in total. The van der Waals surface area contributed by atoms with E-state index >= 15 is 0 Å². The van der Waals surface area contributed by atoms with Crippen LogP contribution in [0.15, 0.2) is 37.1 Å². The van der Waals surface area contributed by atoms with Crippen molar-refractivity contribution in [2.24, 2.45) is 0 Å². The summed E-state index contributed by atoms with van der Waals surface area (Å²) < 4.78 is 6.31. The van der Waals surface area contributed by atoms with Gasteiger partial charge in [0.15, 0.2) is 8.32 Å². The van der Waals surface area contributed by atoms with Crippen molar-refractivity contribution >= 4 is 8.32 Å². The van der Waals surface area contributed by atoms with E-state index in [1.807, 2.05) is 24.4 Å². The molecule has 1 rings (SSSR count). The van der Waals surface area contributed by atoms with Gasteiger partial charge in [0.05, 0.1) is 0 Å². The maximum absolute atomic E-state index is 6.31. The summed E-state index contributed by atoms with van der Waals surface area (Å²) in [5.74, 6) is 0.313. The lowest BCUT2D eigenvalue weighted by Crippen LogP contribution is -2.41. The summed E-state index contributed by atoms with van der Waals surface area (Å²) >= 11 is 0. The van der Waals surface area contributed by atoms with E-state index in [4.69, 9.17) is 4.43 Å². The van der Waals surface area contributed by atoms with Crippen molar-refractivity contribution in [2.75, 3.05) is 6.61 Å². The van der Waals surface area contributed by atoms with E-state index in [1.54, 1.807) is 0 Å². The van der Waals surface area contributed by atoms with Crippen LogP contribution in [0.4, 0.5) is 0 Å². The van der Waals surface area contributed by atoms with Gasteiger partial charge in [-0.05, 0) is 36.7 Å². The molecule has 0 spiro atoms. The molecule has 106 valence electrons. The summed E-state index contributed by atoms with van der Waals surface area (Å²) in [6.07, 6.45) is 4.71. The van der Waals surface area contributed by atoms with Gasteiger partial charge < -0.3 is 4.43 Å². The van der Waals surface area contributed by atoms with Crippen LogP contribution in [0.1, 0.15) is 38.8 Å². The van der Waals surface area contributed by atoms with Gasteiger partial charge >= 0.3 is 0 Å². The quantitative estimate of drug-likeness (QED) is 0.552. The maximum Gasteiger partial charge on any atom is 0.192 e. The predicted octanol–water partition coefficient (Wildman–Crippen LogP) is 4.76. The molecule has 1 aromatic heterocycles. The molecule has 1 aromatic rings. The lowest BCUT2D eigenvalue weighted by atomic mass is 10.0. The van der Waals surface area contributed by atoms with Crippen molar-refractivity contribution < 1.29 is 4.43 Å². The maximum atomic E-state index is 6.31. The largest absolute Gasteiger partial charge is 0.416 e. The van der Waals surface area contributed by atoms with Crippen molar-refractivity contribution in [3.8, 4) is 0 Å². The highest BCUT2D eigenvalue weighted by molar-refractivity contribution is 6.74. The molecule has 0 radical (unpaired) electrons. The van der Waals surface area contributed by atoms with Crippen LogP contribution >= 0.6 is 0 Å². The minimum absolute atomic E-state index is 0.246. The number of rotatable bonds is 6. The molecule has 0 aliphatic rings. The molecule has 0 saturated carbocycles. The Labute approximate surface area is 119 Å². The zero-order chi connectivity index (χ0) is 14.5. The Morgan fingerprint density at radius 3 is 2.53 bits per heavy atom. The third kappa shape index (κ3) is 4.59. The number of hydrogen-bond donors (Lipinski definition) is 0. The lowest BCUT2D eigenvalue weighted by molar-refractivity contribution is 0.261. The van der Waals surface area contributed by atoms with Gasteiger partial charge in [-0.2, -0.15) is 0 Å². The van der Waals surface area contributed by atoms with Gasteiger partial charge in [0.2, 0.25) is 0 Å². The molecule has 0 bridgehead atoms. The zero-order valence-corrected chi connectivity index (χ0v) is 13.9. The van der Waals surface area contributed by atoms with Crippen LogP contribution in [0, 0.1) is 0 Å². The van der Waals surface area contributed by atoms with E-state index in [1.165, 1.54) is 0 Å². The average Bonchev–Trinajstić information content (AvgIpc) is 2.34. The normalized spacial score (nSPS) is 14.2. The van der Waals surface area contributed by atoms with Crippen LogP contribution in [0.25, 0.3) is 0 Å². The van der Waals surface area contributed by atoms with Gasteiger partial charge in [-0.15, -0.1) is 6.58 Å². The van der Waals surface area contributed by atoms with Crippen LogP contribution in [0.2, 0.25) is 18.1 Å². The molecule has 0 aromatic carbocycles. The topological polar surface area (TPSA) is 22.1 Å². The summed E-state index contributed by atoms with van der Waals surface area (Å²) in [4.78, 5) is 4.45. The molecule has 0 fully saturated rings. The Bertz CT molecular complexity index is 395. The van der Waals surface area contributed by atoms with Crippen molar-refractivity contribution in [2.45, 2.75) is 51.2 Å². The number of aromatic nitrogens is 1. The van der Waals surface area contributed by atoms with Crippen LogP contribution in [0.5, 0.6) is 0 Å². The fraction of sp³-hybridized carbons (Fsp3) is 0.562. The predicted molar refractivity (Wildman–Crippen MR) is 84.9 cm³/mol. The SMILES string of the molecule is C=CCC(CO[Si](C)(C)C(C)(C)C)c1ccccn1. The Hall–Kier alpha value is -0.933. The van der Waals surface area contributed by atoms with Crippen molar-refractivity contribution in [1.29, 1.82) is 0 Å². The Morgan fingerprint density at radius 2 is 2.05 bits per heavy atom. The van der Waals surface area contributed by atoms with Gasteiger partial charge in [0, 0.05) is 24.4 Å². The zero-order valence-electron chi connectivity index (χ0n) is 12.9. The molecule has 0 saturated heterocycles. The van der Waals surface area contributed by atoms with Crippen molar-refractivity contribution in [3.63, 3.8) is 0 Å². The van der Waals surface area contributed by atoms with Crippen molar-refractivity contribution in [1.82, 2.24) is 4.98 Å². The van der Waals surface area contributed by atoms with Gasteiger partial charge in [-0.3, -0.25) is 4.98 Å². The first kappa shape index (κ1) is 16.1. The Kier molecular flexibility index (Phi) is 5.50. The molecule has 19 heavy (non-hydrogen) atoms. The van der Waals surface area contributed by atoms with E-state index in [9.17, 15) is 0 Å². The minimum Gasteiger partial charge on any atom is -0.416 e. The minimum atomic E-state index is -1.69. The number of hydrogen-bond acceptors (Lipinski definition) is 2. The van der Waals surface area contributed by atoms with Gasteiger partial charge in [0.25, 0.3) is 0 Å². The summed E-state index contributed by atoms with van der Waals surface area (Å²) in [6.45, 7) is 16.0. The number of nitrogens with zero attached hydrogens (tertiary/aromatic N) is 1. The molecule has 1 unspecified atom stereocenters. The van der Waals surface area contributed by atoms with E-state index in [-0.39, 0.29) is 5.04 Å². The van der Waals surface area contributed by atoms with E-state index in [0.29, 0.717) is 5.92 Å². The fourth-order valence-corrected chi connectivity index (χ4v) is 2.67. The molecule has 0 N–H and O–H groups in total. The lowest BCUT2D eigenvalue weighted by Gasteiger charge is -2.37. The Morgan fingerprint density at radius 1 is 1.37 bits per heavy atom. The highest BCUT2D eigenvalue weighted by Crippen LogP contribution is 2.37. The molecular weight excluding hydrogens is 250 g/mol. The van der Waals surface area contributed by atoms with Gasteiger partial charge in [0.1, 0.15) is 0 Å². The van der Waals surface area contributed by atoms with Gasteiger partial charge in [-0.25, -0.2) is 0 Å². The third-order valence-electron chi connectivity index (χ3n) is 4.01. The number of allylic oxidation sites excluding steroid dienone is 1. The summed E-state index contributed by atoms with van der Waals surface area (Å²) in [6, 6.07) is 6.05. The second-order valence-electron chi connectivity index (χ2n) is 6.55. The van der Waals surface area contributed by atoms with E-state index in [0.717, 1.165) is 18.7 Å². The monoisotopic (exact) mass is 277 g/mol. The van der Waals surface area contributed by atoms with Crippen LogP contribution in [0.3, 0.4) is 0 Å². The summed E-state index contributed by atoms with van der Waals surface area (Å²) in [7, 11) is -1.69. The summed E-state index contributed by atoms with van der Waals surface area (Å²) in [5.41, 5.74) is 1.10. The third-order valence-corrected chi connectivity index (χ3v) is 8.51. The highest BCUT2D eigenvalue weighted by Gasteiger charge is 2.37. The Balaban J connectivity index is 2.74. The summed E-state index contributed by atoms with van der Waals surface area (Å²) in [5, 5.41) is 0.246. The second-order valence-corrected chi connectivity index (χ2v) is 11.4. The smallest absolute Gasteiger partial charge is 0.192 e. The van der Waals surface area contributed by atoms with Crippen molar-refractivity contribution in [3.05, 3.63) is 42.7 Å². The van der Waals surface area contributed by atoms with Crippen LogP contribution in [-0.4, -0.2) is 19.9 Å². The first-order valence-electron chi connectivity index (χ1n) is 6.93. The van der Waals surface area contributed by atoms with E-state index in [2.05, 4.69) is 51.5 Å². The molecule has 0 aliphatic carbocycles. The first-order valence-corrected chi connectivity index (χ1v) is 9.84. The van der Waals surface area contributed by atoms with Crippen LogP contribution in [-0.2, 0) is 4.43 Å². The fourth-order valence-electron chi connectivity index (χ4n) is 1.62. The first-order chi connectivity index (χ1) is 8.78. The molecule has 0 amide bonds. The van der Waals surface area contributed by atoms with Gasteiger partial charge in [-0.1, -0.05) is 32.9 Å². The van der Waals surface area contributed by atoms with Crippen LogP contribution < -0.4 is 0 Å². The molecular formula is C16H27NOSi. The average molecular weight is 277 g/mol. The molecule has 1 atom stereocenters. The van der Waals surface area contributed by atoms with E-state index < -0.39 is 8.32 Å². The second kappa shape index (κ2) is 6.48. The molecule has 0 aliphatic heterocycles. The number of pyridine rings is 1.